The zero-order valence-corrected chi connectivity index (χ0v) is 17.3. The summed E-state index contributed by atoms with van der Waals surface area (Å²) in [5.74, 6) is 1.44. The summed E-state index contributed by atoms with van der Waals surface area (Å²) in [7, 11) is 0. The highest BCUT2D eigenvalue weighted by Gasteiger charge is 2.21. The average molecular weight is 416 g/mol. The summed E-state index contributed by atoms with van der Waals surface area (Å²) in [6, 6.07) is 5.83. The second-order valence-corrected chi connectivity index (χ2v) is 7.89. The molecule has 1 aliphatic heterocycles. The smallest absolute Gasteiger partial charge is 0.156 e. The minimum Gasteiger partial charge on any atom is -0.392 e. The summed E-state index contributed by atoms with van der Waals surface area (Å²) in [5, 5.41) is 15.3. The van der Waals surface area contributed by atoms with E-state index in [1.54, 1.807) is 29.5 Å². The molecule has 9 nitrogen and oxygen atoms in total. The van der Waals surface area contributed by atoms with E-state index in [0.29, 0.717) is 11.5 Å². The van der Waals surface area contributed by atoms with Gasteiger partial charge in [0.2, 0.25) is 0 Å². The number of nitrogens with zero attached hydrogens (tertiary/aromatic N) is 7. The highest BCUT2D eigenvalue weighted by molar-refractivity contribution is 5.82. The summed E-state index contributed by atoms with van der Waals surface area (Å²) in [6.07, 6.45) is 8.99. The van der Waals surface area contributed by atoms with Crippen LogP contribution >= 0.6 is 0 Å². The fourth-order valence-electron chi connectivity index (χ4n) is 4.01. The molecule has 0 aliphatic carbocycles. The summed E-state index contributed by atoms with van der Waals surface area (Å²) in [4.78, 5) is 20.3. The van der Waals surface area contributed by atoms with Gasteiger partial charge in [0.25, 0.3) is 0 Å². The largest absolute Gasteiger partial charge is 0.392 e. The molecule has 4 aromatic heterocycles. The van der Waals surface area contributed by atoms with Crippen LogP contribution in [-0.4, -0.2) is 54.0 Å². The van der Waals surface area contributed by atoms with E-state index in [9.17, 15) is 5.11 Å². The minimum atomic E-state index is -0.0751. The molecule has 5 heterocycles. The number of nitrogens with two attached hydrogens (primary N) is 1. The molecule has 0 bridgehead atoms. The van der Waals surface area contributed by atoms with Gasteiger partial charge in [0.1, 0.15) is 11.5 Å². The third-order valence-electron chi connectivity index (χ3n) is 5.56. The Balaban J connectivity index is 1.59. The van der Waals surface area contributed by atoms with E-state index in [2.05, 4.69) is 25.0 Å². The lowest BCUT2D eigenvalue weighted by molar-refractivity contribution is 0.281. The molecule has 1 fully saturated rings. The molecule has 4 aromatic rings. The number of piperidine rings is 1. The molecule has 1 saturated heterocycles. The van der Waals surface area contributed by atoms with Gasteiger partial charge in [0.15, 0.2) is 5.82 Å². The van der Waals surface area contributed by atoms with Crippen LogP contribution in [0.15, 0.2) is 43.0 Å². The SMILES string of the molecule is Cc1cncc(-c2cc3c(cn2)cnn3-c2ccc(CO)c(N3CCC[C@H](N)C3)n2)n1. The number of fused-ring (bicyclic) bond motifs is 1. The molecule has 0 radical (unpaired) electrons. The van der Waals surface area contributed by atoms with E-state index in [-0.39, 0.29) is 12.6 Å². The zero-order chi connectivity index (χ0) is 21.4. The molecule has 3 N–H and O–H groups in total. The average Bonchev–Trinajstić information content (AvgIpc) is 3.22. The van der Waals surface area contributed by atoms with E-state index in [1.807, 2.05) is 25.1 Å². The van der Waals surface area contributed by atoms with Gasteiger partial charge < -0.3 is 15.7 Å². The summed E-state index contributed by atoms with van der Waals surface area (Å²) >= 11 is 0. The molecule has 0 aromatic carbocycles. The van der Waals surface area contributed by atoms with Crippen LogP contribution < -0.4 is 10.6 Å². The first-order chi connectivity index (χ1) is 15.1. The number of aryl methyl sites for hydroxylation is 1. The standard InChI is InChI=1S/C22H24N8O/c1-14-8-24-11-19(27-14)18-7-20-16(9-25-18)10-26-30(20)21-5-4-15(13-31)22(28-21)29-6-2-3-17(23)12-29/h4-5,7-11,17,31H,2-3,6,12-13,23H2,1H3/t17-/m0/s1. The monoisotopic (exact) mass is 416 g/mol. The molecule has 0 spiro atoms. The fraction of sp³-hybridized carbons (Fsp3) is 0.318. The Morgan fingerprint density at radius 1 is 1.13 bits per heavy atom. The number of aromatic nitrogens is 6. The third kappa shape index (κ3) is 3.73. The van der Waals surface area contributed by atoms with Gasteiger partial charge in [-0.3, -0.25) is 9.97 Å². The van der Waals surface area contributed by atoms with Crippen molar-refractivity contribution in [3.63, 3.8) is 0 Å². The highest BCUT2D eigenvalue weighted by atomic mass is 16.3. The molecule has 0 amide bonds. The Bertz CT molecular complexity index is 1240. The van der Waals surface area contributed by atoms with Crippen molar-refractivity contribution in [2.75, 3.05) is 18.0 Å². The summed E-state index contributed by atoms with van der Waals surface area (Å²) in [5.41, 5.74) is 10.1. The predicted molar refractivity (Wildman–Crippen MR) is 118 cm³/mol. The van der Waals surface area contributed by atoms with Crippen molar-refractivity contribution in [3.05, 3.63) is 54.2 Å². The Morgan fingerprint density at radius 2 is 2.03 bits per heavy atom. The lowest BCUT2D eigenvalue weighted by atomic mass is 10.1. The first-order valence-electron chi connectivity index (χ1n) is 10.4. The highest BCUT2D eigenvalue weighted by Crippen LogP contribution is 2.26. The van der Waals surface area contributed by atoms with Crippen LogP contribution in [0.25, 0.3) is 28.1 Å². The number of hydrogen-bond acceptors (Lipinski definition) is 8. The van der Waals surface area contributed by atoms with Gasteiger partial charge in [-0.2, -0.15) is 5.10 Å². The molecule has 1 atom stereocenters. The van der Waals surface area contributed by atoms with E-state index in [0.717, 1.165) is 59.6 Å². The van der Waals surface area contributed by atoms with Crippen LogP contribution in [0.1, 0.15) is 24.1 Å². The molecular formula is C22H24N8O. The fourth-order valence-corrected chi connectivity index (χ4v) is 4.01. The first kappa shape index (κ1) is 19.5. The molecule has 1 aliphatic rings. The lowest BCUT2D eigenvalue weighted by Gasteiger charge is -2.33. The summed E-state index contributed by atoms with van der Waals surface area (Å²) in [6.45, 7) is 3.43. The molecule has 0 unspecified atom stereocenters. The van der Waals surface area contributed by atoms with Crippen LogP contribution in [0, 0.1) is 6.92 Å². The number of aliphatic hydroxyl groups is 1. The normalized spacial score (nSPS) is 16.7. The second-order valence-electron chi connectivity index (χ2n) is 7.89. The first-order valence-corrected chi connectivity index (χ1v) is 10.4. The van der Waals surface area contributed by atoms with Gasteiger partial charge in [0, 0.05) is 42.5 Å². The van der Waals surface area contributed by atoms with Gasteiger partial charge in [-0.15, -0.1) is 0 Å². The quantitative estimate of drug-likeness (QED) is 0.518. The minimum absolute atomic E-state index is 0.0751. The maximum atomic E-state index is 9.85. The van der Waals surface area contributed by atoms with Crippen LogP contribution in [0.3, 0.4) is 0 Å². The van der Waals surface area contributed by atoms with Crippen LogP contribution in [0.2, 0.25) is 0 Å². The molecule has 0 saturated carbocycles. The van der Waals surface area contributed by atoms with Crippen LogP contribution in [-0.2, 0) is 6.61 Å². The van der Waals surface area contributed by atoms with Crippen molar-refractivity contribution in [1.29, 1.82) is 0 Å². The predicted octanol–water partition coefficient (Wildman–Crippen LogP) is 2.00. The number of pyridine rings is 2. The lowest BCUT2D eigenvalue weighted by Crippen LogP contribution is -2.43. The Hall–Kier alpha value is -3.43. The van der Waals surface area contributed by atoms with Crippen molar-refractivity contribution in [3.8, 4) is 17.2 Å². The van der Waals surface area contributed by atoms with Gasteiger partial charge >= 0.3 is 0 Å². The maximum absolute atomic E-state index is 9.85. The van der Waals surface area contributed by atoms with Crippen molar-refractivity contribution < 1.29 is 5.11 Å². The molecule has 5 rings (SSSR count). The topological polar surface area (TPSA) is 119 Å². The third-order valence-corrected chi connectivity index (χ3v) is 5.56. The van der Waals surface area contributed by atoms with Crippen molar-refractivity contribution in [2.45, 2.75) is 32.4 Å². The number of anilines is 1. The molecule has 9 heteroatoms. The van der Waals surface area contributed by atoms with E-state index >= 15 is 0 Å². The van der Waals surface area contributed by atoms with Crippen LogP contribution in [0.5, 0.6) is 0 Å². The molecule has 158 valence electrons. The van der Waals surface area contributed by atoms with Gasteiger partial charge in [0.05, 0.1) is 35.9 Å². The van der Waals surface area contributed by atoms with Gasteiger partial charge in [-0.1, -0.05) is 0 Å². The van der Waals surface area contributed by atoms with E-state index in [1.165, 1.54) is 0 Å². The second kappa shape index (κ2) is 8.01. The summed E-state index contributed by atoms with van der Waals surface area (Å²) < 4.78 is 1.79. The van der Waals surface area contributed by atoms with E-state index in [4.69, 9.17) is 10.7 Å². The van der Waals surface area contributed by atoms with Crippen LogP contribution in [0.4, 0.5) is 5.82 Å². The van der Waals surface area contributed by atoms with Crippen molar-refractivity contribution >= 4 is 16.7 Å². The zero-order valence-electron chi connectivity index (χ0n) is 17.3. The Kier molecular flexibility index (Phi) is 5.05. The molecule has 31 heavy (non-hydrogen) atoms. The molecular weight excluding hydrogens is 392 g/mol. The van der Waals surface area contributed by atoms with Crippen molar-refractivity contribution in [1.82, 2.24) is 29.7 Å². The number of hydrogen-bond donors (Lipinski definition) is 2. The number of aliphatic hydroxyl groups excluding tert-OH is 1. The van der Waals surface area contributed by atoms with E-state index < -0.39 is 0 Å². The maximum Gasteiger partial charge on any atom is 0.156 e. The van der Waals surface area contributed by atoms with Gasteiger partial charge in [-0.05, 0) is 38.0 Å². The van der Waals surface area contributed by atoms with Crippen molar-refractivity contribution in [2.24, 2.45) is 5.73 Å². The number of rotatable bonds is 4. The Labute approximate surface area is 179 Å². The van der Waals surface area contributed by atoms with Gasteiger partial charge in [-0.25, -0.2) is 14.6 Å². The Morgan fingerprint density at radius 3 is 2.84 bits per heavy atom.